The van der Waals surface area contributed by atoms with Gasteiger partial charge in [-0.05, 0) is 41.3 Å². The average Bonchev–Trinajstić information content (AvgIpc) is 3.38. The molecular formula is C31H38N3O4S+. The average molecular weight is 549 g/mol. The number of methoxy groups -OCH3 is 1. The number of nitrogens with zero attached hydrogens (tertiary/aromatic N) is 2. The fourth-order valence-corrected chi connectivity index (χ4v) is 6.95. The van der Waals surface area contributed by atoms with Gasteiger partial charge in [0.1, 0.15) is 17.9 Å². The normalized spacial score (nSPS) is 18.0. The SMILES string of the molecule is CCCCc1cc2ccccc2c(OCC[N+](C)(C)[C@@H](C(=O)OC)[C@]2(c3ccccc3)CC(C(N)=O)=CS2)n1. The van der Waals surface area contributed by atoms with Crippen LogP contribution in [-0.4, -0.2) is 61.7 Å². The molecule has 0 saturated carbocycles. The van der Waals surface area contributed by atoms with Crippen LogP contribution in [0.4, 0.5) is 0 Å². The van der Waals surface area contributed by atoms with Crippen molar-refractivity contribution in [3.63, 3.8) is 0 Å². The van der Waals surface area contributed by atoms with E-state index in [1.165, 1.54) is 18.9 Å². The number of ether oxygens (including phenoxy) is 2. The van der Waals surface area contributed by atoms with Crippen LogP contribution in [0, 0.1) is 0 Å². The number of amides is 1. The molecule has 1 aliphatic heterocycles. The molecule has 2 aromatic carbocycles. The molecule has 0 unspecified atom stereocenters. The molecular weight excluding hydrogens is 510 g/mol. The summed E-state index contributed by atoms with van der Waals surface area (Å²) in [6, 6.07) is 19.4. The van der Waals surface area contributed by atoms with Gasteiger partial charge in [-0.3, -0.25) is 4.79 Å². The Labute approximate surface area is 235 Å². The van der Waals surface area contributed by atoms with E-state index in [-0.39, 0.29) is 10.5 Å². The number of carbonyl (C=O) groups is 2. The fraction of sp³-hybridized carbons (Fsp3) is 0.387. The number of unbranched alkanes of at least 4 members (excludes halogenated alkanes) is 1. The van der Waals surface area contributed by atoms with Crippen LogP contribution in [0.25, 0.3) is 10.8 Å². The van der Waals surface area contributed by atoms with Gasteiger partial charge in [-0.2, -0.15) is 0 Å². The smallest absolute Gasteiger partial charge is 0.366 e. The van der Waals surface area contributed by atoms with Crippen LogP contribution in [0.5, 0.6) is 5.88 Å². The van der Waals surface area contributed by atoms with E-state index in [0.29, 0.717) is 31.0 Å². The molecule has 0 bridgehead atoms. The van der Waals surface area contributed by atoms with Gasteiger partial charge in [-0.25, -0.2) is 9.78 Å². The maximum Gasteiger partial charge on any atom is 0.366 e. The van der Waals surface area contributed by atoms with Gasteiger partial charge >= 0.3 is 5.97 Å². The highest BCUT2D eigenvalue weighted by atomic mass is 32.2. The van der Waals surface area contributed by atoms with Crippen molar-refractivity contribution in [3.05, 3.63) is 82.9 Å². The number of carbonyl (C=O) groups excluding carboxylic acids is 2. The Hall–Kier alpha value is -3.36. The highest BCUT2D eigenvalue weighted by Crippen LogP contribution is 2.53. The second-order valence-corrected chi connectivity index (χ2v) is 11.8. The number of hydrogen-bond donors (Lipinski definition) is 1. The van der Waals surface area contributed by atoms with Crippen LogP contribution < -0.4 is 10.5 Å². The van der Waals surface area contributed by atoms with Gasteiger partial charge in [-0.15, -0.1) is 11.8 Å². The first-order chi connectivity index (χ1) is 18.7. The number of nitrogens with two attached hydrogens (primary N) is 1. The van der Waals surface area contributed by atoms with Crippen molar-refractivity contribution in [2.75, 3.05) is 34.4 Å². The minimum absolute atomic E-state index is 0.280. The van der Waals surface area contributed by atoms with E-state index in [2.05, 4.69) is 19.1 Å². The number of thioether (sulfide) groups is 1. The number of likely N-dealkylation sites (N-methyl/N-ethyl adjacent to an activating group) is 1. The van der Waals surface area contributed by atoms with E-state index in [9.17, 15) is 9.59 Å². The zero-order chi connectivity index (χ0) is 28.0. The van der Waals surface area contributed by atoms with Crippen molar-refractivity contribution in [3.8, 4) is 5.88 Å². The van der Waals surface area contributed by atoms with Crippen LogP contribution in [-0.2, 0) is 25.5 Å². The summed E-state index contributed by atoms with van der Waals surface area (Å²) in [5.41, 5.74) is 8.15. The number of aryl methyl sites for hydroxylation is 1. The molecule has 206 valence electrons. The van der Waals surface area contributed by atoms with Gasteiger partial charge in [0.15, 0.2) is 0 Å². The minimum Gasteiger partial charge on any atom is -0.471 e. The molecule has 1 aliphatic rings. The number of quaternary nitrogens is 1. The molecule has 0 radical (unpaired) electrons. The predicted molar refractivity (Wildman–Crippen MR) is 156 cm³/mol. The third-order valence-corrected chi connectivity index (χ3v) is 8.89. The lowest BCUT2D eigenvalue weighted by Crippen LogP contribution is -2.62. The molecule has 39 heavy (non-hydrogen) atoms. The van der Waals surface area contributed by atoms with E-state index < -0.39 is 16.7 Å². The first-order valence-corrected chi connectivity index (χ1v) is 14.2. The minimum atomic E-state index is -0.757. The third-order valence-electron chi connectivity index (χ3n) is 7.46. The highest BCUT2D eigenvalue weighted by Gasteiger charge is 2.57. The largest absolute Gasteiger partial charge is 0.471 e. The van der Waals surface area contributed by atoms with E-state index in [1.807, 2.05) is 62.6 Å². The Bertz CT molecular complexity index is 1360. The topological polar surface area (TPSA) is 91.5 Å². The molecule has 0 aliphatic carbocycles. The second-order valence-electron chi connectivity index (χ2n) is 10.6. The number of aromatic nitrogens is 1. The number of esters is 1. The number of pyridine rings is 1. The number of benzene rings is 2. The summed E-state index contributed by atoms with van der Waals surface area (Å²) in [6.07, 6.45) is 3.40. The summed E-state index contributed by atoms with van der Waals surface area (Å²) >= 11 is 1.47. The van der Waals surface area contributed by atoms with Crippen LogP contribution in [0.1, 0.15) is 37.4 Å². The lowest BCUT2D eigenvalue weighted by atomic mass is 9.83. The molecule has 0 saturated heterocycles. The number of hydrogen-bond acceptors (Lipinski definition) is 6. The van der Waals surface area contributed by atoms with Crippen LogP contribution in [0.15, 0.2) is 71.6 Å². The van der Waals surface area contributed by atoms with Gasteiger partial charge in [0.2, 0.25) is 17.8 Å². The highest BCUT2D eigenvalue weighted by molar-refractivity contribution is 8.03. The summed E-state index contributed by atoms with van der Waals surface area (Å²) in [4.78, 5) is 30.5. The lowest BCUT2D eigenvalue weighted by molar-refractivity contribution is -0.909. The zero-order valence-electron chi connectivity index (χ0n) is 23.2. The van der Waals surface area contributed by atoms with E-state index >= 15 is 0 Å². The second kappa shape index (κ2) is 12.2. The molecule has 2 heterocycles. The zero-order valence-corrected chi connectivity index (χ0v) is 24.0. The molecule has 0 fully saturated rings. The Morgan fingerprint density at radius 2 is 1.85 bits per heavy atom. The summed E-state index contributed by atoms with van der Waals surface area (Å²) in [5, 5.41) is 3.86. The van der Waals surface area contributed by atoms with Gasteiger partial charge in [-0.1, -0.05) is 61.9 Å². The summed E-state index contributed by atoms with van der Waals surface area (Å²) in [7, 11) is 5.41. The molecule has 1 aromatic heterocycles. The molecule has 4 rings (SSSR count). The maximum atomic E-state index is 13.5. The van der Waals surface area contributed by atoms with Crippen LogP contribution >= 0.6 is 11.8 Å². The molecule has 8 heteroatoms. The van der Waals surface area contributed by atoms with Gasteiger partial charge in [0, 0.05) is 23.1 Å². The van der Waals surface area contributed by atoms with E-state index in [4.69, 9.17) is 20.2 Å². The molecule has 7 nitrogen and oxygen atoms in total. The summed E-state index contributed by atoms with van der Waals surface area (Å²) in [6.45, 7) is 3.03. The van der Waals surface area contributed by atoms with E-state index in [0.717, 1.165) is 41.3 Å². The molecule has 2 N–H and O–H groups in total. The fourth-order valence-electron chi connectivity index (χ4n) is 5.37. The quantitative estimate of drug-likeness (QED) is 0.254. The van der Waals surface area contributed by atoms with Crippen molar-refractivity contribution in [1.29, 1.82) is 0 Å². The Balaban J connectivity index is 1.63. The Morgan fingerprint density at radius 1 is 1.13 bits per heavy atom. The van der Waals surface area contributed by atoms with Gasteiger partial charge < -0.3 is 19.7 Å². The van der Waals surface area contributed by atoms with Gasteiger partial charge in [0.05, 0.1) is 21.2 Å². The summed E-state index contributed by atoms with van der Waals surface area (Å²) in [5.74, 6) is -0.210. The van der Waals surface area contributed by atoms with Crippen molar-refractivity contribution in [1.82, 2.24) is 4.98 Å². The van der Waals surface area contributed by atoms with Gasteiger partial charge in [0.25, 0.3) is 0 Å². The van der Waals surface area contributed by atoms with Crippen LogP contribution in [0.2, 0.25) is 0 Å². The van der Waals surface area contributed by atoms with Crippen molar-refractivity contribution < 1.29 is 23.5 Å². The van der Waals surface area contributed by atoms with Crippen molar-refractivity contribution in [2.24, 2.45) is 5.73 Å². The third kappa shape index (κ3) is 6.12. The lowest BCUT2D eigenvalue weighted by Gasteiger charge is -2.45. The first kappa shape index (κ1) is 28.6. The predicted octanol–water partition coefficient (Wildman–Crippen LogP) is 4.98. The molecule has 1 amide bonds. The standard InChI is InChI=1S/C31H37N3O4S/c1-5-6-15-25-19-22-12-10-11-16-26(22)29(33-25)38-18-17-34(2,3)27(30(36)37-4)31(24-13-8-7-9-14-24)20-23(21-39-31)28(32)35/h7-14,16,19,21,27H,5-6,15,17-18,20H2,1-4H3,(H-,32,35)/p+1/t27-,31+/m0/s1. The Kier molecular flexibility index (Phi) is 8.97. The molecule has 0 spiro atoms. The first-order valence-electron chi connectivity index (χ1n) is 13.4. The molecule has 2 atom stereocenters. The Morgan fingerprint density at radius 3 is 2.51 bits per heavy atom. The van der Waals surface area contributed by atoms with Crippen molar-refractivity contribution >= 4 is 34.4 Å². The number of fused-ring (bicyclic) bond motifs is 1. The van der Waals surface area contributed by atoms with E-state index in [1.54, 1.807) is 5.41 Å². The number of rotatable bonds is 12. The van der Waals surface area contributed by atoms with Crippen molar-refractivity contribution in [2.45, 2.75) is 43.4 Å². The molecule has 3 aromatic rings. The number of primary amides is 1. The van der Waals surface area contributed by atoms with Crippen LogP contribution in [0.3, 0.4) is 0 Å². The monoisotopic (exact) mass is 548 g/mol. The summed E-state index contributed by atoms with van der Waals surface area (Å²) < 4.78 is 11.2. The maximum absolute atomic E-state index is 13.5.